The Morgan fingerprint density at radius 2 is 2.05 bits per heavy atom. The normalized spacial score (nSPS) is 16.1. The smallest absolute Gasteiger partial charge is 0.253 e. The Bertz CT molecular complexity index is 504. The Balaban J connectivity index is 2.11. The number of nitrogens with two attached hydrogens (primary N) is 1. The molecular formula is C16H25N3O. The fourth-order valence-electron chi connectivity index (χ4n) is 2.49. The van der Waals surface area contributed by atoms with Crippen molar-refractivity contribution in [1.82, 2.24) is 4.90 Å². The first-order valence-corrected chi connectivity index (χ1v) is 7.21. The molecule has 1 aromatic rings. The summed E-state index contributed by atoms with van der Waals surface area (Å²) in [7, 11) is 3.51. The largest absolute Gasteiger partial charge is 0.397 e. The molecule has 1 amide bonds. The van der Waals surface area contributed by atoms with E-state index in [2.05, 4.69) is 19.2 Å². The van der Waals surface area contributed by atoms with E-state index in [1.54, 1.807) is 31.1 Å². The van der Waals surface area contributed by atoms with Gasteiger partial charge in [-0.15, -0.1) is 0 Å². The molecule has 110 valence electrons. The molecule has 1 aromatic carbocycles. The molecule has 0 radical (unpaired) electrons. The van der Waals surface area contributed by atoms with Crippen LogP contribution in [-0.4, -0.2) is 31.4 Å². The molecule has 0 aromatic heterocycles. The van der Waals surface area contributed by atoms with E-state index in [0.717, 1.165) is 12.2 Å². The fourth-order valence-corrected chi connectivity index (χ4v) is 2.49. The highest BCUT2D eigenvalue weighted by Crippen LogP contribution is 2.51. The van der Waals surface area contributed by atoms with Gasteiger partial charge in [0.25, 0.3) is 5.91 Å². The Morgan fingerprint density at radius 3 is 2.55 bits per heavy atom. The number of amides is 1. The number of nitrogens with one attached hydrogen (secondary N) is 1. The van der Waals surface area contributed by atoms with Gasteiger partial charge in [-0.2, -0.15) is 0 Å². The SMILES string of the molecule is CC(C)C1(CNc2cc(C(=O)N(C)C)ccc2N)CC1. The Labute approximate surface area is 121 Å². The quantitative estimate of drug-likeness (QED) is 0.812. The molecule has 1 saturated carbocycles. The fraction of sp³-hybridized carbons (Fsp3) is 0.562. The molecule has 0 spiro atoms. The van der Waals surface area contributed by atoms with Crippen LogP contribution >= 0.6 is 0 Å². The van der Waals surface area contributed by atoms with Gasteiger partial charge in [0.15, 0.2) is 0 Å². The van der Waals surface area contributed by atoms with Crippen molar-refractivity contribution in [3.8, 4) is 0 Å². The number of carbonyl (C=O) groups excluding carboxylic acids is 1. The van der Waals surface area contributed by atoms with Crippen molar-refractivity contribution in [2.45, 2.75) is 26.7 Å². The third-order valence-corrected chi connectivity index (χ3v) is 4.45. The Morgan fingerprint density at radius 1 is 1.40 bits per heavy atom. The number of anilines is 2. The summed E-state index contributed by atoms with van der Waals surface area (Å²) in [6.45, 7) is 5.46. The van der Waals surface area contributed by atoms with Gasteiger partial charge in [-0.3, -0.25) is 4.79 Å². The van der Waals surface area contributed by atoms with Crippen LogP contribution in [0.15, 0.2) is 18.2 Å². The summed E-state index contributed by atoms with van der Waals surface area (Å²) in [5.74, 6) is 0.667. The average molecular weight is 275 g/mol. The highest BCUT2D eigenvalue weighted by atomic mass is 16.2. The number of nitrogens with zero attached hydrogens (tertiary/aromatic N) is 1. The van der Waals surface area contributed by atoms with Crippen LogP contribution in [-0.2, 0) is 0 Å². The van der Waals surface area contributed by atoms with E-state index in [-0.39, 0.29) is 5.91 Å². The lowest BCUT2D eigenvalue weighted by atomic mass is 9.92. The first-order chi connectivity index (χ1) is 9.35. The van der Waals surface area contributed by atoms with Crippen LogP contribution in [0.25, 0.3) is 0 Å². The first kappa shape index (κ1) is 14.7. The number of rotatable bonds is 5. The van der Waals surface area contributed by atoms with Crippen molar-refractivity contribution in [1.29, 1.82) is 0 Å². The van der Waals surface area contributed by atoms with Crippen molar-refractivity contribution in [2.24, 2.45) is 11.3 Å². The number of hydrogen-bond acceptors (Lipinski definition) is 3. The molecule has 1 fully saturated rings. The summed E-state index contributed by atoms with van der Waals surface area (Å²) in [4.78, 5) is 13.6. The molecule has 0 saturated heterocycles. The lowest BCUT2D eigenvalue weighted by Gasteiger charge is -2.22. The zero-order chi connectivity index (χ0) is 14.9. The summed E-state index contributed by atoms with van der Waals surface area (Å²) in [5, 5.41) is 3.44. The zero-order valence-corrected chi connectivity index (χ0v) is 12.9. The molecule has 0 unspecified atom stereocenters. The third-order valence-electron chi connectivity index (χ3n) is 4.45. The lowest BCUT2D eigenvalue weighted by molar-refractivity contribution is 0.0827. The van der Waals surface area contributed by atoms with Crippen LogP contribution in [0.1, 0.15) is 37.0 Å². The van der Waals surface area contributed by atoms with E-state index in [1.807, 2.05) is 6.07 Å². The molecule has 1 aliphatic rings. The lowest BCUT2D eigenvalue weighted by Crippen LogP contribution is -2.23. The van der Waals surface area contributed by atoms with E-state index in [9.17, 15) is 4.79 Å². The number of benzene rings is 1. The van der Waals surface area contributed by atoms with Crippen LogP contribution in [0.4, 0.5) is 11.4 Å². The number of hydrogen-bond donors (Lipinski definition) is 2. The van der Waals surface area contributed by atoms with E-state index in [0.29, 0.717) is 22.6 Å². The van der Waals surface area contributed by atoms with Crippen LogP contribution < -0.4 is 11.1 Å². The summed E-state index contributed by atoms with van der Waals surface area (Å²) in [6, 6.07) is 5.43. The second-order valence-corrected chi connectivity index (χ2v) is 6.37. The standard InChI is InChI=1S/C16H25N3O/c1-11(2)16(7-8-16)10-18-14-9-12(5-6-13(14)17)15(20)19(3)4/h5-6,9,11,18H,7-8,10,17H2,1-4H3. The maximum absolute atomic E-state index is 12.0. The first-order valence-electron chi connectivity index (χ1n) is 7.21. The molecule has 4 nitrogen and oxygen atoms in total. The van der Waals surface area contributed by atoms with Crippen LogP contribution in [0.2, 0.25) is 0 Å². The summed E-state index contributed by atoms with van der Waals surface area (Å²) in [6.07, 6.45) is 2.54. The average Bonchev–Trinajstić information content (AvgIpc) is 3.18. The molecule has 0 bridgehead atoms. The predicted molar refractivity (Wildman–Crippen MR) is 83.9 cm³/mol. The van der Waals surface area contributed by atoms with E-state index in [4.69, 9.17) is 5.73 Å². The number of carbonyl (C=O) groups is 1. The topological polar surface area (TPSA) is 58.4 Å². The highest BCUT2D eigenvalue weighted by molar-refractivity contribution is 5.95. The van der Waals surface area contributed by atoms with Crippen molar-refractivity contribution >= 4 is 17.3 Å². The van der Waals surface area contributed by atoms with Gasteiger partial charge in [0.1, 0.15) is 0 Å². The van der Waals surface area contributed by atoms with E-state index >= 15 is 0 Å². The second kappa shape index (κ2) is 5.35. The van der Waals surface area contributed by atoms with Gasteiger partial charge in [0.2, 0.25) is 0 Å². The minimum atomic E-state index is -0.00181. The maximum atomic E-state index is 12.0. The predicted octanol–water partition coefficient (Wildman–Crippen LogP) is 2.82. The second-order valence-electron chi connectivity index (χ2n) is 6.37. The van der Waals surface area contributed by atoms with Crippen LogP contribution in [0.5, 0.6) is 0 Å². The molecule has 20 heavy (non-hydrogen) atoms. The van der Waals surface area contributed by atoms with Gasteiger partial charge in [-0.1, -0.05) is 13.8 Å². The van der Waals surface area contributed by atoms with Crippen LogP contribution in [0.3, 0.4) is 0 Å². The Kier molecular flexibility index (Phi) is 3.93. The highest BCUT2D eigenvalue weighted by Gasteiger charge is 2.44. The van der Waals surface area contributed by atoms with Crippen molar-refractivity contribution in [2.75, 3.05) is 31.7 Å². The number of nitrogen functional groups attached to an aromatic ring is 1. The molecule has 0 heterocycles. The monoisotopic (exact) mass is 275 g/mol. The molecular weight excluding hydrogens is 250 g/mol. The molecule has 3 N–H and O–H groups in total. The third kappa shape index (κ3) is 2.89. The maximum Gasteiger partial charge on any atom is 0.253 e. The molecule has 0 aliphatic heterocycles. The van der Waals surface area contributed by atoms with Gasteiger partial charge in [-0.25, -0.2) is 0 Å². The van der Waals surface area contributed by atoms with Crippen molar-refractivity contribution in [3.63, 3.8) is 0 Å². The van der Waals surface area contributed by atoms with Gasteiger partial charge in [-0.05, 0) is 42.4 Å². The minimum Gasteiger partial charge on any atom is -0.397 e. The molecule has 0 atom stereocenters. The molecule has 4 heteroatoms. The van der Waals surface area contributed by atoms with Gasteiger partial charge in [0.05, 0.1) is 11.4 Å². The van der Waals surface area contributed by atoms with Gasteiger partial charge >= 0.3 is 0 Å². The van der Waals surface area contributed by atoms with Crippen molar-refractivity contribution in [3.05, 3.63) is 23.8 Å². The molecule has 2 rings (SSSR count). The van der Waals surface area contributed by atoms with Crippen LogP contribution in [0, 0.1) is 11.3 Å². The minimum absolute atomic E-state index is 0.00181. The van der Waals surface area contributed by atoms with Gasteiger partial charge in [0, 0.05) is 26.2 Å². The van der Waals surface area contributed by atoms with Crippen molar-refractivity contribution < 1.29 is 4.79 Å². The summed E-state index contributed by atoms with van der Waals surface area (Å²) < 4.78 is 0. The Hall–Kier alpha value is -1.71. The van der Waals surface area contributed by atoms with Gasteiger partial charge < -0.3 is 16.0 Å². The van der Waals surface area contributed by atoms with E-state index < -0.39 is 0 Å². The summed E-state index contributed by atoms with van der Waals surface area (Å²) in [5.41, 5.74) is 8.64. The summed E-state index contributed by atoms with van der Waals surface area (Å²) >= 11 is 0. The molecule has 1 aliphatic carbocycles. The zero-order valence-electron chi connectivity index (χ0n) is 12.9. The van der Waals surface area contributed by atoms with E-state index in [1.165, 1.54) is 12.8 Å².